The Kier molecular flexibility index (Phi) is 5.32. The van der Waals surface area contributed by atoms with Crippen LogP contribution in [-0.4, -0.2) is 55.3 Å². The predicted octanol–water partition coefficient (Wildman–Crippen LogP) is 2.60. The molecule has 8 heteroatoms. The van der Waals surface area contributed by atoms with Gasteiger partial charge in [-0.2, -0.15) is 5.10 Å². The minimum absolute atomic E-state index is 0.113. The van der Waals surface area contributed by atoms with E-state index in [1.807, 2.05) is 36.9 Å². The number of aryl methyl sites for hydroxylation is 1. The summed E-state index contributed by atoms with van der Waals surface area (Å²) < 4.78 is 9.00. The van der Waals surface area contributed by atoms with Crippen LogP contribution in [0.2, 0.25) is 0 Å². The minimum atomic E-state index is -0.181. The molecule has 150 valence electrons. The number of hydrogen-bond donors (Lipinski definition) is 2. The molecular formula is C20H28N6O2. The number of aromatic nitrogens is 5. The maximum absolute atomic E-state index is 9.90. The second-order valence-corrected chi connectivity index (χ2v) is 7.74. The molecule has 1 aliphatic carbocycles. The first-order valence-electron chi connectivity index (χ1n) is 9.87. The molecule has 1 aliphatic rings. The van der Waals surface area contributed by atoms with Gasteiger partial charge in [-0.25, -0.2) is 9.50 Å². The van der Waals surface area contributed by atoms with Crippen LogP contribution in [-0.2, 0) is 11.8 Å². The Morgan fingerprint density at radius 2 is 2.07 bits per heavy atom. The maximum Gasteiger partial charge on any atom is 0.241 e. The molecule has 1 fully saturated rings. The van der Waals surface area contributed by atoms with Gasteiger partial charge in [0.25, 0.3) is 0 Å². The van der Waals surface area contributed by atoms with Gasteiger partial charge in [0.1, 0.15) is 0 Å². The number of aliphatic hydroxyl groups is 1. The monoisotopic (exact) mass is 384 g/mol. The van der Waals surface area contributed by atoms with Crippen molar-refractivity contribution < 1.29 is 9.84 Å². The fraction of sp³-hybridized carbons (Fsp3) is 0.550. The summed E-state index contributed by atoms with van der Waals surface area (Å²) in [6, 6.07) is 4.31. The van der Waals surface area contributed by atoms with Crippen molar-refractivity contribution in [1.29, 1.82) is 0 Å². The molecule has 0 radical (unpaired) electrons. The van der Waals surface area contributed by atoms with Gasteiger partial charge in [-0.3, -0.25) is 4.68 Å². The van der Waals surface area contributed by atoms with Crippen LogP contribution < -0.4 is 5.32 Å². The topological polar surface area (TPSA) is 89.5 Å². The van der Waals surface area contributed by atoms with Gasteiger partial charge in [0, 0.05) is 43.6 Å². The van der Waals surface area contributed by atoms with Crippen molar-refractivity contribution in [2.24, 2.45) is 7.05 Å². The van der Waals surface area contributed by atoms with Crippen molar-refractivity contribution in [3.8, 4) is 11.3 Å². The number of nitrogens with zero attached hydrogens (tertiary/aromatic N) is 5. The zero-order valence-electron chi connectivity index (χ0n) is 16.7. The lowest BCUT2D eigenvalue weighted by Gasteiger charge is -2.25. The van der Waals surface area contributed by atoms with Crippen molar-refractivity contribution >= 4 is 11.5 Å². The molecule has 3 aromatic heterocycles. The van der Waals surface area contributed by atoms with E-state index in [-0.39, 0.29) is 12.1 Å². The van der Waals surface area contributed by atoms with Gasteiger partial charge in [-0.05, 0) is 44.7 Å². The zero-order valence-corrected chi connectivity index (χ0v) is 16.7. The molecule has 1 atom stereocenters. The molecule has 0 aliphatic heterocycles. The molecule has 0 spiro atoms. The standard InChI is InChI=1S/C20H28N6O2/c1-13(12-28-3)22-20-21-11-19-16(17-8-9-25(2)23-17)10-18(26(19)24-20)14-4-6-15(27)7-5-14/h8-11,13-15,27H,4-7,12H2,1-3H3,(H,22,24)/t13-,14-,15-/m0/s1. The highest BCUT2D eigenvalue weighted by molar-refractivity contribution is 5.79. The molecule has 2 N–H and O–H groups in total. The molecule has 8 nitrogen and oxygen atoms in total. The zero-order chi connectivity index (χ0) is 19.7. The molecule has 28 heavy (non-hydrogen) atoms. The summed E-state index contributed by atoms with van der Waals surface area (Å²) in [5, 5.41) is 22.6. The summed E-state index contributed by atoms with van der Waals surface area (Å²) in [4.78, 5) is 4.52. The van der Waals surface area contributed by atoms with Gasteiger partial charge in [0.15, 0.2) is 0 Å². The Labute approximate surface area is 164 Å². The van der Waals surface area contributed by atoms with Gasteiger partial charge < -0.3 is 15.2 Å². The highest BCUT2D eigenvalue weighted by Gasteiger charge is 2.26. The van der Waals surface area contributed by atoms with Gasteiger partial charge >= 0.3 is 0 Å². The van der Waals surface area contributed by atoms with E-state index in [2.05, 4.69) is 21.5 Å². The number of rotatable bonds is 6. The van der Waals surface area contributed by atoms with Crippen molar-refractivity contribution in [2.75, 3.05) is 19.0 Å². The molecule has 0 saturated heterocycles. The number of fused-ring (bicyclic) bond motifs is 1. The first-order chi connectivity index (χ1) is 13.5. The Hall–Kier alpha value is -2.45. The Morgan fingerprint density at radius 3 is 2.75 bits per heavy atom. The van der Waals surface area contributed by atoms with Crippen LogP contribution in [0.4, 0.5) is 5.95 Å². The summed E-state index contributed by atoms with van der Waals surface area (Å²) in [7, 11) is 3.60. The second kappa shape index (κ2) is 7.89. The molecule has 0 bridgehead atoms. The summed E-state index contributed by atoms with van der Waals surface area (Å²) >= 11 is 0. The fourth-order valence-electron chi connectivity index (χ4n) is 4.02. The lowest BCUT2D eigenvalue weighted by molar-refractivity contribution is 0.121. The van der Waals surface area contributed by atoms with Crippen LogP contribution in [0, 0.1) is 0 Å². The minimum Gasteiger partial charge on any atom is -0.393 e. The maximum atomic E-state index is 9.90. The molecular weight excluding hydrogens is 356 g/mol. The normalized spacial score (nSPS) is 21.1. The van der Waals surface area contributed by atoms with Gasteiger partial charge in [-0.15, -0.1) is 5.10 Å². The van der Waals surface area contributed by atoms with Gasteiger partial charge in [0.05, 0.1) is 30.1 Å². The van der Waals surface area contributed by atoms with Crippen molar-refractivity contribution in [3.63, 3.8) is 0 Å². The van der Waals surface area contributed by atoms with Crippen LogP contribution in [0.25, 0.3) is 16.8 Å². The van der Waals surface area contributed by atoms with Crippen LogP contribution in [0.5, 0.6) is 0 Å². The molecule has 0 aromatic carbocycles. The van der Waals surface area contributed by atoms with E-state index in [9.17, 15) is 5.11 Å². The van der Waals surface area contributed by atoms with Crippen LogP contribution in [0.3, 0.4) is 0 Å². The van der Waals surface area contributed by atoms with Crippen LogP contribution in [0.15, 0.2) is 24.5 Å². The number of aliphatic hydroxyl groups excluding tert-OH is 1. The third-order valence-electron chi connectivity index (χ3n) is 5.44. The SMILES string of the molecule is COC[C@H](C)Nc1ncc2c(-c3ccn(C)n3)cc([C@H]3CC[C@H](O)CC3)n2n1. The smallest absolute Gasteiger partial charge is 0.241 e. The highest BCUT2D eigenvalue weighted by Crippen LogP contribution is 2.37. The number of hydrogen-bond acceptors (Lipinski definition) is 6. The summed E-state index contributed by atoms with van der Waals surface area (Å²) in [6.07, 6.45) is 7.21. The lowest BCUT2D eigenvalue weighted by Crippen LogP contribution is -2.23. The van der Waals surface area contributed by atoms with E-state index < -0.39 is 0 Å². The average molecular weight is 384 g/mol. The Bertz CT molecular complexity index is 941. The number of methoxy groups -OCH3 is 1. The number of ether oxygens (including phenoxy) is 1. The van der Waals surface area contributed by atoms with E-state index in [0.29, 0.717) is 18.5 Å². The third kappa shape index (κ3) is 3.74. The summed E-state index contributed by atoms with van der Waals surface area (Å²) in [5.41, 5.74) is 4.06. The van der Waals surface area contributed by atoms with Crippen LogP contribution in [0.1, 0.15) is 44.2 Å². The van der Waals surface area contributed by atoms with Crippen molar-refractivity contribution in [1.82, 2.24) is 24.4 Å². The first kappa shape index (κ1) is 18.9. The van der Waals surface area contributed by atoms with Crippen molar-refractivity contribution in [2.45, 2.75) is 50.7 Å². The molecule has 0 unspecified atom stereocenters. The van der Waals surface area contributed by atoms with E-state index >= 15 is 0 Å². The molecule has 0 amide bonds. The van der Waals surface area contributed by atoms with E-state index in [4.69, 9.17) is 9.84 Å². The number of anilines is 1. The largest absolute Gasteiger partial charge is 0.393 e. The molecule has 3 aromatic rings. The van der Waals surface area contributed by atoms with E-state index in [0.717, 1.165) is 48.2 Å². The van der Waals surface area contributed by atoms with E-state index in [1.165, 1.54) is 0 Å². The summed E-state index contributed by atoms with van der Waals surface area (Å²) in [6.45, 7) is 2.62. The first-order valence-corrected chi connectivity index (χ1v) is 9.87. The summed E-state index contributed by atoms with van der Waals surface area (Å²) in [5.74, 6) is 0.949. The van der Waals surface area contributed by atoms with E-state index in [1.54, 1.807) is 11.8 Å². The Balaban J connectivity index is 1.76. The van der Waals surface area contributed by atoms with Crippen LogP contribution >= 0.6 is 0 Å². The van der Waals surface area contributed by atoms with Crippen molar-refractivity contribution in [3.05, 3.63) is 30.2 Å². The number of nitrogens with one attached hydrogen (secondary N) is 1. The fourth-order valence-corrected chi connectivity index (χ4v) is 4.02. The van der Waals surface area contributed by atoms with Gasteiger partial charge in [0.2, 0.25) is 5.95 Å². The molecule has 4 rings (SSSR count). The third-order valence-corrected chi connectivity index (χ3v) is 5.44. The van der Waals surface area contributed by atoms with Gasteiger partial charge in [-0.1, -0.05) is 0 Å². The molecule has 1 saturated carbocycles. The molecule has 3 heterocycles. The Morgan fingerprint density at radius 1 is 1.29 bits per heavy atom. The highest BCUT2D eigenvalue weighted by atomic mass is 16.5. The lowest BCUT2D eigenvalue weighted by atomic mass is 9.85. The predicted molar refractivity (Wildman–Crippen MR) is 107 cm³/mol. The second-order valence-electron chi connectivity index (χ2n) is 7.74. The average Bonchev–Trinajstić information content (AvgIpc) is 3.26. The quantitative estimate of drug-likeness (QED) is 0.679.